The molecule has 0 saturated carbocycles. The Morgan fingerprint density at radius 1 is 0.900 bits per heavy atom. The van der Waals surface area contributed by atoms with Gasteiger partial charge in [-0.05, 0) is 67.6 Å². The minimum absolute atomic E-state index is 0.145. The Morgan fingerprint density at radius 3 is 2.27 bits per heavy atom. The second-order valence-corrected chi connectivity index (χ2v) is 6.44. The number of carbonyl (C=O) groups excluding carboxylic acids is 1. The zero-order valence-corrected chi connectivity index (χ0v) is 16.0. The highest BCUT2D eigenvalue weighted by Crippen LogP contribution is 2.25. The lowest BCUT2D eigenvalue weighted by Gasteiger charge is -2.10. The lowest BCUT2D eigenvalue weighted by molar-refractivity contribution is 0.0280. The number of hydrogen-bond acceptors (Lipinski definition) is 6. The molecule has 150 valence electrons. The predicted molar refractivity (Wildman–Crippen MR) is 106 cm³/mol. The number of rotatable bonds is 6. The van der Waals surface area contributed by atoms with E-state index in [9.17, 15) is 9.18 Å². The lowest BCUT2D eigenvalue weighted by atomic mass is 10.2. The van der Waals surface area contributed by atoms with Crippen molar-refractivity contribution in [1.29, 1.82) is 0 Å². The Labute approximate surface area is 171 Å². The number of nitrogens with zero attached hydrogens (tertiary/aromatic N) is 2. The van der Waals surface area contributed by atoms with E-state index < -0.39 is 12.1 Å². The normalized spacial score (nSPS) is 11.7. The minimum Gasteiger partial charge on any atom is -0.457 e. The van der Waals surface area contributed by atoms with Crippen molar-refractivity contribution in [2.24, 2.45) is 0 Å². The van der Waals surface area contributed by atoms with Gasteiger partial charge in [-0.15, -0.1) is 10.2 Å². The Morgan fingerprint density at radius 2 is 1.57 bits per heavy atom. The summed E-state index contributed by atoms with van der Waals surface area (Å²) in [6, 6.07) is 21.6. The predicted octanol–water partition coefficient (Wildman–Crippen LogP) is 5.59. The third-order valence-electron chi connectivity index (χ3n) is 4.23. The van der Waals surface area contributed by atoms with Crippen molar-refractivity contribution in [2.45, 2.75) is 13.0 Å². The molecule has 0 N–H and O–H groups in total. The van der Waals surface area contributed by atoms with E-state index in [1.165, 1.54) is 24.3 Å². The summed E-state index contributed by atoms with van der Waals surface area (Å²) in [7, 11) is 0. The van der Waals surface area contributed by atoms with Crippen LogP contribution in [-0.2, 0) is 4.74 Å². The van der Waals surface area contributed by atoms with E-state index in [0.29, 0.717) is 22.6 Å². The topological polar surface area (TPSA) is 74.5 Å². The summed E-state index contributed by atoms with van der Waals surface area (Å²) in [5, 5.41) is 7.84. The SMILES string of the molecule is C[C@H](OC(=O)c1ccc(Oc2ccccc2)cc1)c1nnc(-c2ccc(F)cc2)o1. The molecule has 0 saturated heterocycles. The monoisotopic (exact) mass is 404 g/mol. The van der Waals surface area contributed by atoms with Crippen LogP contribution in [0, 0.1) is 5.82 Å². The van der Waals surface area contributed by atoms with Gasteiger partial charge < -0.3 is 13.9 Å². The fourth-order valence-corrected chi connectivity index (χ4v) is 2.67. The van der Waals surface area contributed by atoms with E-state index >= 15 is 0 Å². The molecule has 7 heteroatoms. The fourth-order valence-electron chi connectivity index (χ4n) is 2.67. The van der Waals surface area contributed by atoms with Crippen LogP contribution in [0.5, 0.6) is 11.5 Å². The number of carbonyl (C=O) groups is 1. The lowest BCUT2D eigenvalue weighted by Crippen LogP contribution is -2.09. The number of benzene rings is 3. The van der Waals surface area contributed by atoms with E-state index in [1.54, 1.807) is 31.2 Å². The molecular weight excluding hydrogens is 387 g/mol. The van der Waals surface area contributed by atoms with Crippen LogP contribution in [0.15, 0.2) is 83.3 Å². The standard InChI is InChI=1S/C23H17FN2O4/c1-15(21-25-26-22(30-21)16-7-11-18(24)12-8-16)28-23(27)17-9-13-20(14-10-17)29-19-5-3-2-4-6-19/h2-15H,1H3/t15-/m0/s1. The van der Waals surface area contributed by atoms with Gasteiger partial charge in [0.15, 0.2) is 6.10 Å². The van der Waals surface area contributed by atoms with Crippen molar-refractivity contribution in [2.75, 3.05) is 0 Å². The molecule has 1 heterocycles. The molecule has 30 heavy (non-hydrogen) atoms. The average molecular weight is 404 g/mol. The van der Waals surface area contributed by atoms with Crippen LogP contribution >= 0.6 is 0 Å². The van der Waals surface area contributed by atoms with E-state index in [0.717, 1.165) is 0 Å². The first-order chi connectivity index (χ1) is 14.6. The molecule has 3 aromatic carbocycles. The molecule has 0 aliphatic heterocycles. The quantitative estimate of drug-likeness (QED) is 0.390. The van der Waals surface area contributed by atoms with Crippen LogP contribution in [0.25, 0.3) is 11.5 Å². The van der Waals surface area contributed by atoms with Crippen molar-refractivity contribution in [1.82, 2.24) is 10.2 Å². The molecule has 4 rings (SSSR count). The summed E-state index contributed by atoms with van der Waals surface area (Å²) in [4.78, 5) is 12.4. The van der Waals surface area contributed by atoms with Crippen molar-refractivity contribution in [3.63, 3.8) is 0 Å². The minimum atomic E-state index is -0.751. The molecule has 0 bridgehead atoms. The molecule has 0 fully saturated rings. The van der Waals surface area contributed by atoms with Gasteiger partial charge in [0.1, 0.15) is 17.3 Å². The Balaban J connectivity index is 1.39. The second kappa shape index (κ2) is 8.57. The summed E-state index contributed by atoms with van der Waals surface area (Å²) in [5.41, 5.74) is 0.934. The molecular formula is C23H17FN2O4. The highest BCUT2D eigenvalue weighted by Gasteiger charge is 2.20. The largest absolute Gasteiger partial charge is 0.457 e. The molecule has 0 unspecified atom stereocenters. The molecule has 6 nitrogen and oxygen atoms in total. The molecule has 4 aromatic rings. The summed E-state index contributed by atoms with van der Waals surface area (Å²) in [5.74, 6) is 0.778. The van der Waals surface area contributed by atoms with E-state index in [2.05, 4.69) is 10.2 Å². The summed E-state index contributed by atoms with van der Waals surface area (Å²) >= 11 is 0. The van der Waals surface area contributed by atoms with Gasteiger partial charge in [-0.2, -0.15) is 0 Å². The zero-order chi connectivity index (χ0) is 20.9. The molecule has 0 spiro atoms. The molecule has 0 aliphatic carbocycles. The number of ether oxygens (including phenoxy) is 2. The average Bonchev–Trinajstić information content (AvgIpc) is 3.26. The number of hydrogen-bond donors (Lipinski definition) is 0. The van der Waals surface area contributed by atoms with Crippen LogP contribution in [-0.4, -0.2) is 16.2 Å². The van der Waals surface area contributed by atoms with Gasteiger partial charge in [0, 0.05) is 5.56 Å². The summed E-state index contributed by atoms with van der Waals surface area (Å²) in [6.45, 7) is 1.63. The Bertz CT molecular complexity index is 1130. The number of para-hydroxylation sites is 1. The van der Waals surface area contributed by atoms with Crippen LogP contribution in [0.3, 0.4) is 0 Å². The van der Waals surface area contributed by atoms with Gasteiger partial charge in [0.2, 0.25) is 5.89 Å². The maximum absolute atomic E-state index is 13.0. The first-order valence-electron chi connectivity index (χ1n) is 9.22. The fraction of sp³-hybridized carbons (Fsp3) is 0.0870. The molecule has 0 amide bonds. The van der Waals surface area contributed by atoms with Crippen LogP contribution in [0.4, 0.5) is 4.39 Å². The van der Waals surface area contributed by atoms with Gasteiger partial charge in [0.05, 0.1) is 5.56 Å². The van der Waals surface area contributed by atoms with Crippen molar-refractivity contribution >= 4 is 5.97 Å². The molecule has 0 radical (unpaired) electrons. The van der Waals surface area contributed by atoms with Crippen LogP contribution in [0.2, 0.25) is 0 Å². The molecule has 1 atom stereocenters. The van der Waals surface area contributed by atoms with Crippen LogP contribution < -0.4 is 4.74 Å². The van der Waals surface area contributed by atoms with Gasteiger partial charge in [-0.1, -0.05) is 18.2 Å². The highest BCUT2D eigenvalue weighted by atomic mass is 19.1. The highest BCUT2D eigenvalue weighted by molar-refractivity contribution is 5.89. The maximum atomic E-state index is 13.0. The van der Waals surface area contributed by atoms with Crippen molar-refractivity contribution < 1.29 is 23.1 Å². The first-order valence-corrected chi connectivity index (χ1v) is 9.22. The third-order valence-corrected chi connectivity index (χ3v) is 4.23. The summed E-state index contributed by atoms with van der Waals surface area (Å²) < 4.78 is 29.7. The Hall–Kier alpha value is -4.00. The third kappa shape index (κ3) is 4.52. The maximum Gasteiger partial charge on any atom is 0.338 e. The van der Waals surface area contributed by atoms with Gasteiger partial charge >= 0.3 is 5.97 Å². The van der Waals surface area contributed by atoms with Gasteiger partial charge in [0.25, 0.3) is 5.89 Å². The van der Waals surface area contributed by atoms with E-state index in [-0.39, 0.29) is 17.6 Å². The summed E-state index contributed by atoms with van der Waals surface area (Å²) in [6.07, 6.45) is -0.751. The zero-order valence-electron chi connectivity index (χ0n) is 16.0. The van der Waals surface area contributed by atoms with Gasteiger partial charge in [-0.25, -0.2) is 9.18 Å². The van der Waals surface area contributed by atoms with E-state index in [1.807, 2.05) is 30.3 Å². The number of aromatic nitrogens is 2. The van der Waals surface area contributed by atoms with Crippen molar-refractivity contribution in [3.8, 4) is 23.0 Å². The second-order valence-electron chi connectivity index (χ2n) is 6.44. The number of halogens is 1. The van der Waals surface area contributed by atoms with Crippen molar-refractivity contribution in [3.05, 3.63) is 96.1 Å². The number of esters is 1. The molecule has 0 aliphatic rings. The Kier molecular flexibility index (Phi) is 5.52. The smallest absolute Gasteiger partial charge is 0.338 e. The first kappa shape index (κ1) is 19.3. The molecule has 1 aromatic heterocycles. The van der Waals surface area contributed by atoms with Crippen LogP contribution in [0.1, 0.15) is 29.3 Å². The van der Waals surface area contributed by atoms with Gasteiger partial charge in [-0.3, -0.25) is 0 Å². The van der Waals surface area contributed by atoms with E-state index in [4.69, 9.17) is 13.9 Å².